The highest BCUT2D eigenvalue weighted by Crippen LogP contribution is 2.16. The van der Waals surface area contributed by atoms with Crippen molar-refractivity contribution in [3.8, 4) is 11.5 Å². The molecule has 2 aromatic rings. The number of methoxy groups -OCH3 is 1. The van der Waals surface area contributed by atoms with Gasteiger partial charge in [-0.1, -0.05) is 12.1 Å². The Kier molecular flexibility index (Phi) is 7.23. The molecule has 0 heterocycles. The van der Waals surface area contributed by atoms with Gasteiger partial charge >= 0.3 is 0 Å². The number of likely N-dealkylation sites (N-methyl/N-ethyl adjacent to an activating group) is 1. The van der Waals surface area contributed by atoms with Gasteiger partial charge in [0.05, 0.1) is 13.7 Å². The minimum Gasteiger partial charge on any atom is -0.497 e. The molecular formula is C21H26N2O4. The molecule has 0 fully saturated rings. The van der Waals surface area contributed by atoms with E-state index in [-0.39, 0.29) is 18.4 Å². The topological polar surface area (TPSA) is 67.9 Å². The lowest BCUT2D eigenvalue weighted by molar-refractivity contribution is -0.140. The second-order valence-corrected chi connectivity index (χ2v) is 6.21. The van der Waals surface area contributed by atoms with E-state index >= 15 is 0 Å². The SMILES string of the molecule is CCN(CC(=O)Nc1ccc(OC)cc1)C(=O)[C@H](C)Oc1cccc(C)c1. The zero-order chi connectivity index (χ0) is 19.8. The molecule has 0 radical (unpaired) electrons. The fourth-order valence-corrected chi connectivity index (χ4v) is 2.59. The maximum absolute atomic E-state index is 12.6. The molecule has 1 atom stereocenters. The number of benzene rings is 2. The standard InChI is InChI=1S/C21H26N2O4/c1-5-23(14-20(24)22-17-9-11-18(26-4)12-10-17)21(25)16(3)27-19-8-6-7-15(2)13-19/h6-13,16H,5,14H2,1-4H3,(H,22,24)/t16-/m0/s1. The van der Waals surface area contributed by atoms with Crippen molar-refractivity contribution in [2.45, 2.75) is 26.9 Å². The van der Waals surface area contributed by atoms with Gasteiger partial charge in [0.25, 0.3) is 5.91 Å². The van der Waals surface area contributed by atoms with Crippen molar-refractivity contribution >= 4 is 17.5 Å². The fourth-order valence-electron chi connectivity index (χ4n) is 2.59. The molecule has 0 saturated heterocycles. The molecular weight excluding hydrogens is 344 g/mol. The van der Waals surface area contributed by atoms with E-state index < -0.39 is 6.10 Å². The zero-order valence-electron chi connectivity index (χ0n) is 16.2. The third-order valence-electron chi connectivity index (χ3n) is 4.05. The summed E-state index contributed by atoms with van der Waals surface area (Å²) in [5.74, 6) is 0.845. The number of carbonyl (C=O) groups excluding carboxylic acids is 2. The third kappa shape index (κ3) is 6.02. The Bertz CT molecular complexity index is 774. The Morgan fingerprint density at radius 1 is 1.11 bits per heavy atom. The number of rotatable bonds is 8. The van der Waals surface area contributed by atoms with Crippen LogP contribution >= 0.6 is 0 Å². The molecule has 0 saturated carbocycles. The van der Waals surface area contributed by atoms with Gasteiger partial charge in [-0.25, -0.2) is 0 Å². The average molecular weight is 370 g/mol. The molecule has 27 heavy (non-hydrogen) atoms. The number of hydrogen-bond acceptors (Lipinski definition) is 4. The molecule has 2 aromatic carbocycles. The highest BCUT2D eigenvalue weighted by molar-refractivity contribution is 5.95. The van der Waals surface area contributed by atoms with E-state index in [0.29, 0.717) is 23.7 Å². The first-order chi connectivity index (χ1) is 12.9. The first-order valence-electron chi connectivity index (χ1n) is 8.89. The minimum atomic E-state index is -0.680. The van der Waals surface area contributed by atoms with Gasteiger partial charge in [-0.05, 0) is 62.7 Å². The highest BCUT2D eigenvalue weighted by Gasteiger charge is 2.23. The molecule has 0 aliphatic rings. The molecule has 0 aromatic heterocycles. The number of carbonyl (C=O) groups is 2. The van der Waals surface area contributed by atoms with Crippen LogP contribution < -0.4 is 14.8 Å². The summed E-state index contributed by atoms with van der Waals surface area (Å²) in [7, 11) is 1.58. The quantitative estimate of drug-likeness (QED) is 0.774. The van der Waals surface area contributed by atoms with E-state index in [1.165, 1.54) is 4.90 Å². The van der Waals surface area contributed by atoms with Crippen LogP contribution in [0.4, 0.5) is 5.69 Å². The number of nitrogens with one attached hydrogen (secondary N) is 1. The van der Waals surface area contributed by atoms with Crippen LogP contribution in [0.1, 0.15) is 19.4 Å². The predicted molar refractivity (Wildman–Crippen MR) is 105 cm³/mol. The summed E-state index contributed by atoms with van der Waals surface area (Å²) in [5, 5.41) is 2.78. The normalized spacial score (nSPS) is 11.4. The van der Waals surface area contributed by atoms with Gasteiger partial charge in [0.2, 0.25) is 5.91 Å². The maximum atomic E-state index is 12.6. The second-order valence-electron chi connectivity index (χ2n) is 6.21. The molecule has 0 aliphatic carbocycles. The number of hydrogen-bond donors (Lipinski definition) is 1. The largest absolute Gasteiger partial charge is 0.497 e. The van der Waals surface area contributed by atoms with Gasteiger partial charge in [0.1, 0.15) is 11.5 Å². The number of aryl methyl sites for hydroxylation is 1. The Hall–Kier alpha value is -3.02. The fraction of sp³-hybridized carbons (Fsp3) is 0.333. The molecule has 144 valence electrons. The van der Waals surface area contributed by atoms with Gasteiger partial charge in [0.15, 0.2) is 6.10 Å². The van der Waals surface area contributed by atoms with Crippen molar-refractivity contribution < 1.29 is 19.1 Å². The summed E-state index contributed by atoms with van der Waals surface area (Å²) in [6.07, 6.45) is -0.680. The lowest BCUT2D eigenvalue weighted by Crippen LogP contribution is -2.44. The first kappa shape index (κ1) is 20.3. The Labute approximate surface area is 160 Å². The smallest absolute Gasteiger partial charge is 0.263 e. The number of anilines is 1. The van der Waals surface area contributed by atoms with E-state index in [1.807, 2.05) is 38.1 Å². The van der Waals surface area contributed by atoms with Gasteiger partial charge in [-0.2, -0.15) is 0 Å². The lowest BCUT2D eigenvalue weighted by Gasteiger charge is -2.24. The van der Waals surface area contributed by atoms with Crippen LogP contribution in [0.5, 0.6) is 11.5 Å². The van der Waals surface area contributed by atoms with Gasteiger partial charge in [-0.3, -0.25) is 9.59 Å². The predicted octanol–water partition coefficient (Wildman–Crippen LogP) is 3.26. The van der Waals surface area contributed by atoms with Gasteiger partial charge in [0, 0.05) is 12.2 Å². The molecule has 2 rings (SSSR count). The molecule has 6 nitrogen and oxygen atoms in total. The van der Waals surface area contributed by atoms with Crippen LogP contribution in [0.25, 0.3) is 0 Å². The Morgan fingerprint density at radius 3 is 2.41 bits per heavy atom. The molecule has 0 unspecified atom stereocenters. The van der Waals surface area contributed by atoms with E-state index in [9.17, 15) is 9.59 Å². The molecule has 0 aliphatic heterocycles. The van der Waals surface area contributed by atoms with Crippen LogP contribution in [0.2, 0.25) is 0 Å². The summed E-state index contributed by atoms with van der Waals surface area (Å²) in [6.45, 7) is 5.85. The van der Waals surface area contributed by atoms with Crippen LogP contribution in [0.15, 0.2) is 48.5 Å². The molecule has 0 spiro atoms. The summed E-state index contributed by atoms with van der Waals surface area (Å²) >= 11 is 0. The van der Waals surface area contributed by atoms with E-state index in [1.54, 1.807) is 38.3 Å². The number of nitrogens with zero attached hydrogens (tertiary/aromatic N) is 1. The maximum Gasteiger partial charge on any atom is 0.263 e. The van der Waals surface area contributed by atoms with Crippen LogP contribution in [0, 0.1) is 6.92 Å². The summed E-state index contributed by atoms with van der Waals surface area (Å²) in [4.78, 5) is 26.4. The number of ether oxygens (including phenoxy) is 2. The van der Waals surface area contributed by atoms with Crippen molar-refractivity contribution in [3.05, 3.63) is 54.1 Å². The van der Waals surface area contributed by atoms with Crippen molar-refractivity contribution in [1.82, 2.24) is 4.90 Å². The Balaban J connectivity index is 1.93. The first-order valence-corrected chi connectivity index (χ1v) is 8.89. The zero-order valence-corrected chi connectivity index (χ0v) is 16.2. The van der Waals surface area contributed by atoms with Crippen LogP contribution in [-0.4, -0.2) is 43.0 Å². The van der Waals surface area contributed by atoms with Crippen molar-refractivity contribution in [1.29, 1.82) is 0 Å². The highest BCUT2D eigenvalue weighted by atomic mass is 16.5. The van der Waals surface area contributed by atoms with Gasteiger partial charge in [-0.15, -0.1) is 0 Å². The number of amides is 2. The van der Waals surface area contributed by atoms with Crippen LogP contribution in [0.3, 0.4) is 0 Å². The van der Waals surface area contributed by atoms with Crippen molar-refractivity contribution in [2.24, 2.45) is 0 Å². The third-order valence-corrected chi connectivity index (χ3v) is 4.05. The second kappa shape index (κ2) is 9.62. The molecule has 1 N–H and O–H groups in total. The summed E-state index contributed by atoms with van der Waals surface area (Å²) in [6, 6.07) is 14.5. The van der Waals surface area contributed by atoms with E-state index in [2.05, 4.69) is 5.32 Å². The molecule has 6 heteroatoms. The Morgan fingerprint density at radius 2 is 1.81 bits per heavy atom. The van der Waals surface area contributed by atoms with Gasteiger partial charge < -0.3 is 19.7 Å². The molecule has 0 bridgehead atoms. The monoisotopic (exact) mass is 370 g/mol. The summed E-state index contributed by atoms with van der Waals surface area (Å²) in [5.41, 5.74) is 1.70. The summed E-state index contributed by atoms with van der Waals surface area (Å²) < 4.78 is 10.8. The lowest BCUT2D eigenvalue weighted by atomic mass is 10.2. The van der Waals surface area contributed by atoms with E-state index in [4.69, 9.17) is 9.47 Å². The van der Waals surface area contributed by atoms with Crippen LogP contribution in [-0.2, 0) is 9.59 Å². The van der Waals surface area contributed by atoms with Crippen molar-refractivity contribution in [2.75, 3.05) is 25.5 Å². The molecule has 2 amide bonds. The van der Waals surface area contributed by atoms with E-state index in [0.717, 1.165) is 5.56 Å². The van der Waals surface area contributed by atoms with Crippen molar-refractivity contribution in [3.63, 3.8) is 0 Å². The average Bonchev–Trinajstić information content (AvgIpc) is 2.66. The minimum absolute atomic E-state index is 0.0388.